The van der Waals surface area contributed by atoms with E-state index < -0.39 is 34.2 Å². The minimum absolute atomic E-state index is 0.0365. The zero-order chi connectivity index (χ0) is 27.3. The zero-order valence-electron chi connectivity index (χ0n) is 20.4. The number of rotatable bonds is 8. The van der Waals surface area contributed by atoms with E-state index in [9.17, 15) is 22.8 Å². The molecule has 0 spiro atoms. The molecule has 3 aromatic rings. The number of anilines is 2. The summed E-state index contributed by atoms with van der Waals surface area (Å²) in [7, 11) is -3.12. The molecule has 0 unspecified atom stereocenters. The van der Waals surface area contributed by atoms with Crippen LogP contribution in [-0.4, -0.2) is 54.1 Å². The van der Waals surface area contributed by atoms with Gasteiger partial charge in [0.2, 0.25) is 0 Å². The first-order valence-electron chi connectivity index (χ1n) is 11.7. The van der Waals surface area contributed by atoms with Gasteiger partial charge in [0, 0.05) is 17.3 Å². The van der Waals surface area contributed by atoms with Gasteiger partial charge in [-0.2, -0.15) is 5.10 Å². The van der Waals surface area contributed by atoms with Crippen LogP contribution in [0.2, 0.25) is 5.15 Å². The van der Waals surface area contributed by atoms with Crippen LogP contribution in [0.5, 0.6) is 0 Å². The molecule has 2 amide bonds. The minimum Gasteiger partial charge on any atom is -0.452 e. The molecule has 0 bridgehead atoms. The number of aryl methyl sites for hydroxylation is 1. The zero-order valence-corrected chi connectivity index (χ0v) is 22.0. The van der Waals surface area contributed by atoms with Crippen molar-refractivity contribution < 1.29 is 27.5 Å². The highest BCUT2D eigenvalue weighted by atomic mass is 35.5. The molecule has 2 aromatic carbocycles. The number of amides is 2. The van der Waals surface area contributed by atoms with E-state index in [1.807, 2.05) is 6.07 Å². The Hall–Kier alpha value is -3.96. The normalized spacial score (nSPS) is 16.3. The number of para-hydroxylation sites is 2. The number of ether oxygens (including phenoxy) is 1. The number of aromatic nitrogens is 2. The summed E-state index contributed by atoms with van der Waals surface area (Å²) in [4.78, 5) is 37.3. The summed E-state index contributed by atoms with van der Waals surface area (Å²) in [5, 5.41) is 9.88. The lowest BCUT2D eigenvalue weighted by Crippen LogP contribution is -2.22. The fourth-order valence-electron chi connectivity index (χ4n) is 3.96. The summed E-state index contributed by atoms with van der Waals surface area (Å²) >= 11 is 6.40. The maximum Gasteiger partial charge on any atom is 0.331 e. The molecule has 1 aliphatic heterocycles. The molecule has 2 heterocycles. The molecule has 1 saturated heterocycles. The van der Waals surface area contributed by atoms with Crippen LogP contribution in [0.3, 0.4) is 0 Å². The topological polar surface area (TPSA) is 136 Å². The Labute approximate surface area is 224 Å². The highest BCUT2D eigenvalue weighted by Gasteiger charge is 2.31. The number of nitrogens with one attached hydrogen (secondary N) is 2. The molecule has 2 N–H and O–H groups in total. The van der Waals surface area contributed by atoms with Crippen LogP contribution < -0.4 is 10.6 Å². The summed E-state index contributed by atoms with van der Waals surface area (Å²) in [5.41, 5.74) is 2.09. The lowest BCUT2D eigenvalue weighted by atomic mass is 10.1. The molecule has 1 aliphatic rings. The summed E-state index contributed by atoms with van der Waals surface area (Å²) < 4.78 is 30.1. The Bertz CT molecular complexity index is 1500. The van der Waals surface area contributed by atoms with Gasteiger partial charge >= 0.3 is 5.97 Å². The average Bonchev–Trinajstić information content (AvgIpc) is 3.39. The Balaban J connectivity index is 1.33. The van der Waals surface area contributed by atoms with E-state index in [4.69, 9.17) is 16.3 Å². The van der Waals surface area contributed by atoms with Crippen molar-refractivity contribution in [1.82, 2.24) is 9.78 Å². The van der Waals surface area contributed by atoms with Gasteiger partial charge in [-0.05, 0) is 43.7 Å². The van der Waals surface area contributed by atoms with Crippen molar-refractivity contribution in [2.75, 3.05) is 28.7 Å². The highest BCUT2D eigenvalue weighted by molar-refractivity contribution is 7.91. The maximum atomic E-state index is 12.7. The Morgan fingerprint density at radius 2 is 1.82 bits per heavy atom. The van der Waals surface area contributed by atoms with Crippen LogP contribution in [0.25, 0.3) is 6.08 Å². The Morgan fingerprint density at radius 1 is 1.11 bits per heavy atom. The second-order valence-electron chi connectivity index (χ2n) is 8.65. The van der Waals surface area contributed by atoms with E-state index >= 15 is 0 Å². The van der Waals surface area contributed by atoms with Gasteiger partial charge in [0.05, 0.1) is 34.5 Å². The van der Waals surface area contributed by atoms with Crippen molar-refractivity contribution >= 4 is 56.7 Å². The molecule has 0 saturated carbocycles. The second kappa shape index (κ2) is 11.6. The predicted octanol–water partition coefficient (Wildman–Crippen LogP) is 3.65. The second-order valence-corrected chi connectivity index (χ2v) is 11.2. The van der Waals surface area contributed by atoms with Gasteiger partial charge < -0.3 is 15.4 Å². The van der Waals surface area contributed by atoms with Gasteiger partial charge in [0.15, 0.2) is 16.4 Å². The molecule has 1 atom stereocenters. The Kier molecular flexibility index (Phi) is 8.28. The predicted molar refractivity (Wildman–Crippen MR) is 144 cm³/mol. The third-order valence-corrected chi connectivity index (χ3v) is 7.96. The van der Waals surface area contributed by atoms with Gasteiger partial charge in [-0.15, -0.1) is 0 Å². The molecule has 198 valence electrons. The number of carbonyl (C=O) groups is 3. The van der Waals surface area contributed by atoms with Crippen molar-refractivity contribution in [2.24, 2.45) is 0 Å². The summed E-state index contributed by atoms with van der Waals surface area (Å²) in [6, 6.07) is 15.0. The molecule has 10 nitrogen and oxygen atoms in total. The molecule has 1 fully saturated rings. The number of nitrogens with zero attached hydrogens (tertiary/aromatic N) is 2. The molecule has 4 rings (SSSR count). The Morgan fingerprint density at radius 3 is 2.53 bits per heavy atom. The lowest BCUT2D eigenvalue weighted by molar-refractivity contribution is -0.142. The average molecular weight is 557 g/mol. The summed E-state index contributed by atoms with van der Waals surface area (Å²) in [6.45, 7) is 1.11. The van der Waals surface area contributed by atoms with E-state index in [1.165, 1.54) is 10.8 Å². The van der Waals surface area contributed by atoms with Gasteiger partial charge in [0.1, 0.15) is 5.15 Å². The minimum atomic E-state index is -3.12. The number of hydrogen-bond donors (Lipinski definition) is 2. The van der Waals surface area contributed by atoms with Crippen LogP contribution in [0.1, 0.15) is 34.1 Å². The quantitative estimate of drug-likeness (QED) is 0.319. The number of sulfone groups is 1. The highest BCUT2D eigenvalue weighted by Crippen LogP contribution is 2.30. The van der Waals surface area contributed by atoms with Crippen LogP contribution >= 0.6 is 11.6 Å². The first-order chi connectivity index (χ1) is 18.1. The van der Waals surface area contributed by atoms with E-state index in [0.29, 0.717) is 23.4 Å². The summed E-state index contributed by atoms with van der Waals surface area (Å²) in [5.74, 6) is -1.78. The number of benzene rings is 2. The van der Waals surface area contributed by atoms with E-state index in [0.717, 1.165) is 6.08 Å². The number of halogens is 1. The first kappa shape index (κ1) is 27.1. The number of carbonyl (C=O) groups excluding carboxylic acids is 3. The van der Waals surface area contributed by atoms with Crippen molar-refractivity contribution in [2.45, 2.75) is 19.4 Å². The number of hydrogen-bond acceptors (Lipinski definition) is 7. The molecular formula is C26H25ClN4O6S. The van der Waals surface area contributed by atoms with Crippen molar-refractivity contribution in [1.29, 1.82) is 0 Å². The lowest BCUT2D eigenvalue weighted by Gasteiger charge is -2.11. The van der Waals surface area contributed by atoms with E-state index in [2.05, 4.69) is 15.7 Å². The van der Waals surface area contributed by atoms with Gasteiger partial charge in [-0.3, -0.25) is 9.59 Å². The van der Waals surface area contributed by atoms with Crippen LogP contribution in [-0.2, 0) is 24.2 Å². The smallest absolute Gasteiger partial charge is 0.331 e. The van der Waals surface area contributed by atoms with Crippen molar-refractivity contribution in [3.8, 4) is 0 Å². The van der Waals surface area contributed by atoms with Gasteiger partial charge in [-0.1, -0.05) is 41.9 Å². The van der Waals surface area contributed by atoms with Crippen LogP contribution in [0.4, 0.5) is 11.4 Å². The van der Waals surface area contributed by atoms with Gasteiger partial charge in [-0.25, -0.2) is 17.9 Å². The first-order valence-corrected chi connectivity index (χ1v) is 13.9. The third kappa shape index (κ3) is 6.67. The molecule has 0 aliphatic carbocycles. The van der Waals surface area contributed by atoms with Gasteiger partial charge in [0.25, 0.3) is 11.8 Å². The number of esters is 1. The molecular weight excluding hydrogens is 532 g/mol. The van der Waals surface area contributed by atoms with E-state index in [1.54, 1.807) is 55.5 Å². The molecule has 1 aromatic heterocycles. The molecule has 0 radical (unpaired) electrons. The van der Waals surface area contributed by atoms with E-state index in [-0.39, 0.29) is 34.0 Å². The fourth-order valence-corrected chi connectivity index (χ4v) is 6.03. The standard InChI is InChI=1S/C26H25ClN4O6S/c1-17-20(25(27)31(30-17)19-13-14-38(35,36)16-19)11-12-24(33)37-15-23(32)29-22-10-6-5-9-21(22)26(34)28-18-7-3-2-4-8-18/h2-12,19H,13-16H2,1H3,(H,28,34)(H,29,32)/b12-11+/t19-/m0/s1. The van der Waals surface area contributed by atoms with Crippen molar-refractivity contribution in [3.05, 3.63) is 82.6 Å². The largest absolute Gasteiger partial charge is 0.452 e. The fraction of sp³-hybridized carbons (Fsp3) is 0.231. The SMILES string of the molecule is Cc1nn([C@H]2CCS(=O)(=O)C2)c(Cl)c1/C=C/C(=O)OCC(=O)Nc1ccccc1C(=O)Nc1ccccc1. The monoisotopic (exact) mass is 556 g/mol. The van der Waals surface area contributed by atoms with Crippen LogP contribution in [0, 0.1) is 6.92 Å². The third-order valence-electron chi connectivity index (χ3n) is 5.83. The summed E-state index contributed by atoms with van der Waals surface area (Å²) in [6.07, 6.45) is 2.94. The maximum absolute atomic E-state index is 12.7. The molecule has 12 heteroatoms. The van der Waals surface area contributed by atoms with Crippen LogP contribution in [0.15, 0.2) is 60.7 Å². The molecule has 38 heavy (non-hydrogen) atoms. The van der Waals surface area contributed by atoms with Crippen molar-refractivity contribution in [3.63, 3.8) is 0 Å².